The van der Waals surface area contributed by atoms with Gasteiger partial charge in [0.2, 0.25) is 0 Å². The van der Waals surface area contributed by atoms with Crippen LogP contribution >= 0.6 is 8.60 Å². The van der Waals surface area contributed by atoms with Crippen molar-refractivity contribution in [3.8, 4) is 17.2 Å². The minimum absolute atomic E-state index is 0.662. The van der Waals surface area contributed by atoms with Crippen LogP contribution < -0.4 is 13.6 Å². The summed E-state index contributed by atoms with van der Waals surface area (Å²) in [4.78, 5) is 0. The molecule has 0 saturated heterocycles. The van der Waals surface area contributed by atoms with E-state index < -0.39 is 8.60 Å². The van der Waals surface area contributed by atoms with Gasteiger partial charge in [0.05, 0.1) is 0 Å². The monoisotopic (exact) mass is 472 g/mol. The average molecular weight is 473 g/mol. The maximum absolute atomic E-state index is 6.38. The lowest BCUT2D eigenvalue weighted by Crippen LogP contribution is -2.10. The van der Waals surface area contributed by atoms with E-state index in [1.807, 2.05) is 18.2 Å². The molecule has 0 unspecified atom stereocenters. The van der Waals surface area contributed by atoms with Crippen molar-refractivity contribution in [3.63, 3.8) is 0 Å². The molecule has 176 valence electrons. The van der Waals surface area contributed by atoms with Crippen LogP contribution in [0.25, 0.3) is 0 Å². The van der Waals surface area contributed by atoms with Crippen LogP contribution in [0.4, 0.5) is 0 Å². The summed E-state index contributed by atoms with van der Waals surface area (Å²) in [5.74, 6) is 4.45. The highest BCUT2D eigenvalue weighted by atomic mass is 31.2. The maximum Gasteiger partial charge on any atom is 0.530 e. The summed E-state index contributed by atoms with van der Waals surface area (Å²) in [5, 5.41) is 0. The van der Waals surface area contributed by atoms with Gasteiger partial charge in [0.25, 0.3) is 0 Å². The van der Waals surface area contributed by atoms with E-state index >= 15 is 0 Å². The highest BCUT2D eigenvalue weighted by molar-refractivity contribution is 7.43. The van der Waals surface area contributed by atoms with Gasteiger partial charge in [-0.15, -0.1) is 0 Å². The molecule has 0 bridgehead atoms. The van der Waals surface area contributed by atoms with Crippen LogP contribution in [0.1, 0.15) is 92.2 Å². The van der Waals surface area contributed by atoms with Crippen LogP contribution in [0.2, 0.25) is 0 Å². The largest absolute Gasteiger partial charge is 0.530 e. The predicted molar refractivity (Wildman–Crippen MR) is 138 cm³/mol. The van der Waals surface area contributed by atoms with E-state index in [0.717, 1.165) is 17.2 Å². The molecule has 3 saturated carbocycles. The Hall–Kier alpha value is -2.51. The Balaban J connectivity index is 1.23. The summed E-state index contributed by atoms with van der Waals surface area (Å²) in [6.07, 6.45) is 11.6. The first-order valence-electron chi connectivity index (χ1n) is 12.9. The Morgan fingerprint density at radius 2 is 0.794 bits per heavy atom. The van der Waals surface area contributed by atoms with Gasteiger partial charge in [-0.3, -0.25) is 0 Å². The molecule has 3 aliphatic carbocycles. The zero-order valence-corrected chi connectivity index (χ0v) is 20.6. The van der Waals surface area contributed by atoms with Gasteiger partial charge >= 0.3 is 8.60 Å². The molecule has 0 spiro atoms. The molecule has 3 fully saturated rings. The summed E-state index contributed by atoms with van der Waals surface area (Å²) >= 11 is 0. The molecule has 3 aliphatic rings. The summed E-state index contributed by atoms with van der Waals surface area (Å²) in [6, 6.07) is 25.4. The van der Waals surface area contributed by atoms with E-state index in [9.17, 15) is 0 Å². The third kappa shape index (κ3) is 4.96. The van der Waals surface area contributed by atoms with Gasteiger partial charge in [-0.25, -0.2) is 0 Å². The van der Waals surface area contributed by atoms with Crippen molar-refractivity contribution >= 4 is 8.60 Å². The average Bonchev–Trinajstić information content (AvgIpc) is 2.71. The first-order chi connectivity index (χ1) is 16.8. The van der Waals surface area contributed by atoms with Crippen LogP contribution in [-0.4, -0.2) is 0 Å². The molecule has 0 aliphatic heterocycles. The topological polar surface area (TPSA) is 27.7 Å². The highest BCUT2D eigenvalue weighted by Gasteiger charge is 2.25. The van der Waals surface area contributed by atoms with Gasteiger partial charge in [-0.1, -0.05) is 55.7 Å². The lowest BCUT2D eigenvalue weighted by Gasteiger charge is -2.27. The molecule has 0 N–H and O–H groups in total. The van der Waals surface area contributed by atoms with Crippen molar-refractivity contribution in [1.82, 2.24) is 0 Å². The van der Waals surface area contributed by atoms with Crippen LogP contribution in [-0.2, 0) is 0 Å². The summed E-state index contributed by atoms with van der Waals surface area (Å²) in [6.45, 7) is 0. The number of hydrogen-bond donors (Lipinski definition) is 0. The molecule has 3 aromatic rings. The molecule has 3 aromatic carbocycles. The van der Waals surface area contributed by atoms with Crippen molar-refractivity contribution < 1.29 is 13.6 Å². The van der Waals surface area contributed by atoms with Gasteiger partial charge in [0, 0.05) is 0 Å². The van der Waals surface area contributed by atoms with Crippen LogP contribution in [0.3, 0.4) is 0 Å². The third-order valence-electron chi connectivity index (χ3n) is 7.84. The molecule has 3 nitrogen and oxygen atoms in total. The molecule has 0 amide bonds. The van der Waals surface area contributed by atoms with E-state index in [2.05, 4.69) is 54.6 Å². The normalized spacial score (nSPS) is 18.6. The van der Waals surface area contributed by atoms with Crippen molar-refractivity contribution in [2.24, 2.45) is 0 Å². The molecule has 0 heterocycles. The Morgan fingerprint density at radius 1 is 0.471 bits per heavy atom. The smallest absolute Gasteiger partial charge is 0.408 e. The molecule has 0 aromatic heterocycles. The second-order valence-corrected chi connectivity index (χ2v) is 11.1. The number of hydrogen-bond acceptors (Lipinski definition) is 3. The lowest BCUT2D eigenvalue weighted by molar-refractivity contribution is 0.382. The summed E-state index contributed by atoms with van der Waals surface area (Å²) in [7, 11) is -1.64. The van der Waals surface area contributed by atoms with Crippen LogP contribution in [0.15, 0.2) is 72.8 Å². The quantitative estimate of drug-likeness (QED) is 0.290. The standard InChI is InChI=1S/C30H33O3P/c1-7-22(8-1)25-13-4-16-28(19-25)31-34(32-29-17-5-14-26(20-29)23-9-2-10-23)33-30-18-6-15-27(21-30)24-11-3-12-24/h4-6,13-24H,1-3,7-12H2. The molecular formula is C30H33O3P. The van der Waals surface area contributed by atoms with E-state index in [-0.39, 0.29) is 0 Å². The SMILES string of the molecule is c1cc(OP(Oc2cccc(C3CCC3)c2)Oc2cccc(C3CCC3)c2)cc(C2CCC2)c1. The van der Waals surface area contributed by atoms with E-state index in [0.29, 0.717) is 17.8 Å². The van der Waals surface area contributed by atoms with E-state index in [4.69, 9.17) is 13.6 Å². The Bertz CT molecular complexity index is 976. The fourth-order valence-corrected chi connectivity index (χ4v) is 5.98. The number of benzene rings is 3. The molecular weight excluding hydrogens is 439 g/mol. The zero-order valence-electron chi connectivity index (χ0n) is 19.7. The van der Waals surface area contributed by atoms with Gasteiger partial charge in [-0.2, -0.15) is 0 Å². The Kier molecular flexibility index (Phi) is 6.47. The van der Waals surface area contributed by atoms with Crippen molar-refractivity contribution in [3.05, 3.63) is 89.5 Å². The van der Waals surface area contributed by atoms with Crippen LogP contribution in [0.5, 0.6) is 17.2 Å². The van der Waals surface area contributed by atoms with Crippen molar-refractivity contribution in [2.45, 2.75) is 75.5 Å². The molecule has 4 heteroatoms. The minimum atomic E-state index is -1.64. The fourth-order valence-electron chi connectivity index (χ4n) is 5.01. The first kappa shape index (κ1) is 22.0. The Labute approximate surface area is 204 Å². The van der Waals surface area contributed by atoms with E-state index in [1.54, 1.807) is 0 Å². The number of rotatable bonds is 9. The molecule has 0 atom stereocenters. The predicted octanol–water partition coefficient (Wildman–Crippen LogP) is 9.25. The van der Waals surface area contributed by atoms with Gasteiger partial charge in [0.1, 0.15) is 17.2 Å². The highest BCUT2D eigenvalue weighted by Crippen LogP contribution is 2.46. The van der Waals surface area contributed by atoms with E-state index in [1.165, 1.54) is 74.5 Å². The Morgan fingerprint density at radius 3 is 1.06 bits per heavy atom. The lowest BCUT2D eigenvalue weighted by atomic mass is 9.80. The maximum atomic E-state index is 6.38. The zero-order chi connectivity index (χ0) is 22.7. The minimum Gasteiger partial charge on any atom is -0.408 e. The molecule has 6 rings (SSSR count). The van der Waals surface area contributed by atoms with Gasteiger partial charge < -0.3 is 13.6 Å². The second-order valence-electron chi connectivity index (χ2n) is 10.1. The molecule has 34 heavy (non-hydrogen) atoms. The van der Waals surface area contributed by atoms with Gasteiger partial charge in [-0.05, 0) is 109 Å². The summed E-state index contributed by atoms with van der Waals surface area (Å²) in [5.41, 5.74) is 4.08. The van der Waals surface area contributed by atoms with Gasteiger partial charge in [0.15, 0.2) is 0 Å². The second kappa shape index (κ2) is 10.0. The van der Waals surface area contributed by atoms with Crippen molar-refractivity contribution in [2.75, 3.05) is 0 Å². The summed E-state index contributed by atoms with van der Waals surface area (Å²) < 4.78 is 19.2. The first-order valence-corrected chi connectivity index (χ1v) is 14.0. The van der Waals surface area contributed by atoms with Crippen LogP contribution in [0, 0.1) is 0 Å². The fraction of sp³-hybridized carbons (Fsp3) is 0.400. The van der Waals surface area contributed by atoms with Crippen molar-refractivity contribution in [1.29, 1.82) is 0 Å². The molecule has 0 radical (unpaired) electrons. The third-order valence-corrected chi connectivity index (χ3v) is 8.92.